The van der Waals surface area contributed by atoms with E-state index in [0.717, 1.165) is 19.4 Å². The smallest absolute Gasteiger partial charge is 0.0992 e. The fraction of sp³-hybridized carbons (Fsp3) is 1.00. The van der Waals surface area contributed by atoms with E-state index in [9.17, 15) is 0 Å². The van der Waals surface area contributed by atoms with Gasteiger partial charge in [-0.1, -0.05) is 13.3 Å². The minimum absolute atomic E-state index is 0.0110. The van der Waals surface area contributed by atoms with Crippen LogP contribution in [0.4, 0.5) is 0 Å². The summed E-state index contributed by atoms with van der Waals surface area (Å²) in [6, 6.07) is 0. The molecule has 0 aliphatic heterocycles. The van der Waals surface area contributed by atoms with Gasteiger partial charge in [0, 0.05) is 6.61 Å². The SMILES string of the molecule is CCCCOCC(C)ON. The molecule has 0 radical (unpaired) electrons. The summed E-state index contributed by atoms with van der Waals surface area (Å²) < 4.78 is 5.22. The Balaban J connectivity index is 2.89. The summed E-state index contributed by atoms with van der Waals surface area (Å²) in [5.74, 6) is 4.91. The molecule has 3 nitrogen and oxygen atoms in total. The Bertz CT molecular complexity index is 68.6. The van der Waals surface area contributed by atoms with Crippen molar-refractivity contribution in [2.45, 2.75) is 32.8 Å². The topological polar surface area (TPSA) is 44.5 Å². The van der Waals surface area contributed by atoms with Gasteiger partial charge in [0.25, 0.3) is 0 Å². The Labute approximate surface area is 62.4 Å². The van der Waals surface area contributed by atoms with Crippen molar-refractivity contribution in [1.29, 1.82) is 0 Å². The van der Waals surface area contributed by atoms with Gasteiger partial charge in [0.05, 0.1) is 12.7 Å². The normalized spacial score (nSPS) is 13.5. The Morgan fingerprint density at radius 2 is 2.20 bits per heavy atom. The van der Waals surface area contributed by atoms with E-state index in [2.05, 4.69) is 11.8 Å². The van der Waals surface area contributed by atoms with Crippen molar-refractivity contribution >= 4 is 0 Å². The van der Waals surface area contributed by atoms with E-state index in [-0.39, 0.29) is 6.10 Å². The molecule has 0 fully saturated rings. The van der Waals surface area contributed by atoms with E-state index in [0.29, 0.717) is 6.61 Å². The molecule has 0 rings (SSSR count). The standard InChI is InChI=1S/C7H17NO2/c1-3-4-5-9-6-7(2)10-8/h7H,3-6,8H2,1-2H3. The van der Waals surface area contributed by atoms with Crippen molar-refractivity contribution < 1.29 is 9.57 Å². The molecule has 1 unspecified atom stereocenters. The second-order valence-corrected chi connectivity index (χ2v) is 2.38. The summed E-state index contributed by atoms with van der Waals surface area (Å²) in [6.07, 6.45) is 2.28. The molecule has 0 aromatic heterocycles. The van der Waals surface area contributed by atoms with Crippen LogP contribution in [0.15, 0.2) is 0 Å². The average molecular weight is 147 g/mol. The van der Waals surface area contributed by atoms with Crippen LogP contribution in [0.5, 0.6) is 0 Å². The Morgan fingerprint density at radius 3 is 2.70 bits per heavy atom. The summed E-state index contributed by atoms with van der Waals surface area (Å²) in [4.78, 5) is 4.51. The van der Waals surface area contributed by atoms with Crippen LogP contribution in [0.3, 0.4) is 0 Å². The summed E-state index contributed by atoms with van der Waals surface area (Å²) in [6.45, 7) is 5.42. The van der Waals surface area contributed by atoms with E-state index in [1.807, 2.05) is 6.92 Å². The van der Waals surface area contributed by atoms with Gasteiger partial charge in [-0.3, -0.25) is 4.84 Å². The second-order valence-electron chi connectivity index (χ2n) is 2.38. The van der Waals surface area contributed by atoms with Crippen LogP contribution in [0, 0.1) is 0 Å². The average Bonchev–Trinajstić information content (AvgIpc) is 1.98. The highest BCUT2D eigenvalue weighted by atomic mass is 16.6. The van der Waals surface area contributed by atoms with Gasteiger partial charge in [-0.2, -0.15) is 0 Å². The predicted molar refractivity (Wildman–Crippen MR) is 40.5 cm³/mol. The summed E-state index contributed by atoms with van der Waals surface area (Å²) in [7, 11) is 0. The second kappa shape index (κ2) is 6.99. The van der Waals surface area contributed by atoms with Gasteiger partial charge in [-0.25, -0.2) is 5.90 Å². The van der Waals surface area contributed by atoms with Crippen molar-refractivity contribution in [2.75, 3.05) is 13.2 Å². The monoisotopic (exact) mass is 147 g/mol. The Morgan fingerprint density at radius 1 is 1.50 bits per heavy atom. The fourth-order valence-corrected chi connectivity index (χ4v) is 0.535. The van der Waals surface area contributed by atoms with Crippen molar-refractivity contribution in [3.8, 4) is 0 Å². The lowest BCUT2D eigenvalue weighted by molar-refractivity contribution is -0.00817. The molecule has 0 bridgehead atoms. The first-order valence-corrected chi connectivity index (χ1v) is 3.74. The maximum Gasteiger partial charge on any atom is 0.0992 e. The van der Waals surface area contributed by atoms with E-state index in [1.165, 1.54) is 0 Å². The molecule has 0 aromatic rings. The molecule has 0 aliphatic rings. The van der Waals surface area contributed by atoms with Gasteiger partial charge < -0.3 is 4.74 Å². The summed E-state index contributed by atoms with van der Waals surface area (Å²) in [5.41, 5.74) is 0. The number of hydrogen-bond acceptors (Lipinski definition) is 3. The minimum atomic E-state index is 0.0110. The number of ether oxygens (including phenoxy) is 1. The molecule has 0 heterocycles. The molecular weight excluding hydrogens is 130 g/mol. The van der Waals surface area contributed by atoms with Gasteiger partial charge in [-0.15, -0.1) is 0 Å². The minimum Gasteiger partial charge on any atom is -0.379 e. The van der Waals surface area contributed by atoms with E-state index in [4.69, 9.17) is 10.6 Å². The van der Waals surface area contributed by atoms with Gasteiger partial charge in [0.1, 0.15) is 0 Å². The van der Waals surface area contributed by atoms with Crippen LogP contribution in [0.1, 0.15) is 26.7 Å². The molecular formula is C7H17NO2. The Hall–Kier alpha value is -0.120. The molecule has 0 aromatic carbocycles. The Kier molecular flexibility index (Phi) is 6.91. The van der Waals surface area contributed by atoms with Gasteiger partial charge >= 0.3 is 0 Å². The van der Waals surface area contributed by atoms with Crippen molar-refractivity contribution in [2.24, 2.45) is 5.90 Å². The van der Waals surface area contributed by atoms with Crippen LogP contribution in [0.2, 0.25) is 0 Å². The molecule has 3 heteroatoms. The van der Waals surface area contributed by atoms with Crippen LogP contribution in [-0.2, 0) is 9.57 Å². The van der Waals surface area contributed by atoms with Gasteiger partial charge in [0.15, 0.2) is 0 Å². The first kappa shape index (κ1) is 9.88. The highest BCUT2D eigenvalue weighted by Crippen LogP contribution is 1.91. The zero-order valence-electron chi connectivity index (χ0n) is 6.80. The first-order chi connectivity index (χ1) is 4.81. The maximum absolute atomic E-state index is 5.22. The third-order valence-corrected chi connectivity index (χ3v) is 1.23. The number of rotatable bonds is 6. The molecule has 0 spiro atoms. The summed E-state index contributed by atoms with van der Waals surface area (Å²) >= 11 is 0. The highest BCUT2D eigenvalue weighted by Gasteiger charge is 1.97. The van der Waals surface area contributed by atoms with Crippen LogP contribution < -0.4 is 5.90 Å². The largest absolute Gasteiger partial charge is 0.379 e. The highest BCUT2D eigenvalue weighted by molar-refractivity contribution is 4.43. The maximum atomic E-state index is 5.22. The van der Waals surface area contributed by atoms with Crippen LogP contribution in [0.25, 0.3) is 0 Å². The lowest BCUT2D eigenvalue weighted by atomic mass is 10.4. The van der Waals surface area contributed by atoms with Crippen molar-refractivity contribution in [3.05, 3.63) is 0 Å². The lowest BCUT2D eigenvalue weighted by Crippen LogP contribution is -2.19. The van der Waals surface area contributed by atoms with Gasteiger partial charge in [0.2, 0.25) is 0 Å². The number of hydrogen-bond donors (Lipinski definition) is 1. The van der Waals surface area contributed by atoms with Crippen molar-refractivity contribution in [1.82, 2.24) is 0 Å². The molecule has 0 saturated carbocycles. The fourth-order valence-electron chi connectivity index (χ4n) is 0.535. The van der Waals surface area contributed by atoms with Gasteiger partial charge in [-0.05, 0) is 13.3 Å². The molecule has 1 atom stereocenters. The predicted octanol–water partition coefficient (Wildman–Crippen LogP) is 1.08. The number of unbranched alkanes of at least 4 members (excludes halogenated alkanes) is 1. The first-order valence-electron chi connectivity index (χ1n) is 3.74. The molecule has 10 heavy (non-hydrogen) atoms. The van der Waals surface area contributed by atoms with E-state index in [1.54, 1.807) is 0 Å². The van der Waals surface area contributed by atoms with Crippen LogP contribution >= 0.6 is 0 Å². The van der Waals surface area contributed by atoms with Crippen molar-refractivity contribution in [3.63, 3.8) is 0 Å². The zero-order chi connectivity index (χ0) is 7.82. The van der Waals surface area contributed by atoms with E-state index < -0.39 is 0 Å². The third kappa shape index (κ3) is 6.01. The van der Waals surface area contributed by atoms with E-state index >= 15 is 0 Å². The molecule has 2 N–H and O–H groups in total. The quantitative estimate of drug-likeness (QED) is 0.451. The lowest BCUT2D eigenvalue weighted by Gasteiger charge is -2.08. The molecule has 0 saturated heterocycles. The molecule has 0 amide bonds. The molecule has 62 valence electrons. The molecule has 0 aliphatic carbocycles. The third-order valence-electron chi connectivity index (χ3n) is 1.23. The number of nitrogens with two attached hydrogens (primary N) is 1. The van der Waals surface area contributed by atoms with Crippen LogP contribution in [-0.4, -0.2) is 19.3 Å². The summed E-state index contributed by atoms with van der Waals surface area (Å²) in [5, 5.41) is 0. The zero-order valence-corrected chi connectivity index (χ0v) is 6.80.